The molecule has 0 bridgehead atoms. The molecule has 19 heavy (non-hydrogen) atoms. The van der Waals surface area contributed by atoms with Crippen molar-refractivity contribution in [2.75, 3.05) is 31.7 Å². The summed E-state index contributed by atoms with van der Waals surface area (Å²) < 4.78 is 5.01. The molecule has 1 N–H and O–H groups in total. The summed E-state index contributed by atoms with van der Waals surface area (Å²) in [7, 11) is 1.71. The lowest BCUT2D eigenvalue weighted by molar-refractivity contribution is 0.199. The van der Waals surface area contributed by atoms with Crippen LogP contribution >= 0.6 is 11.6 Å². The highest BCUT2D eigenvalue weighted by Gasteiger charge is 2.20. The molecule has 0 radical (unpaired) electrons. The third-order valence-electron chi connectivity index (χ3n) is 3.72. The van der Waals surface area contributed by atoms with Crippen molar-refractivity contribution in [3.63, 3.8) is 0 Å². The molecule has 1 heterocycles. The van der Waals surface area contributed by atoms with Crippen molar-refractivity contribution in [1.82, 2.24) is 5.32 Å². The van der Waals surface area contributed by atoms with Crippen LogP contribution in [0.1, 0.15) is 25.3 Å². The quantitative estimate of drug-likeness (QED) is 0.812. The minimum Gasteiger partial charge on any atom is -0.383 e. The summed E-state index contributed by atoms with van der Waals surface area (Å²) in [6, 6.07) is 7.03. The molecule has 1 aliphatic rings. The Morgan fingerprint density at radius 3 is 2.95 bits per heavy atom. The average molecular weight is 283 g/mol. The molecular weight excluding hydrogens is 260 g/mol. The van der Waals surface area contributed by atoms with Crippen molar-refractivity contribution in [2.45, 2.75) is 32.4 Å². The van der Waals surface area contributed by atoms with Gasteiger partial charge in [0, 0.05) is 43.5 Å². The highest BCUT2D eigenvalue weighted by Crippen LogP contribution is 2.29. The van der Waals surface area contributed by atoms with Crippen LogP contribution < -0.4 is 10.2 Å². The second-order valence-electron chi connectivity index (χ2n) is 5.13. The van der Waals surface area contributed by atoms with Gasteiger partial charge >= 0.3 is 0 Å². The van der Waals surface area contributed by atoms with Crippen molar-refractivity contribution in [3.05, 3.63) is 28.8 Å². The average Bonchev–Trinajstić information content (AvgIpc) is 2.82. The van der Waals surface area contributed by atoms with Gasteiger partial charge in [0.15, 0.2) is 0 Å². The van der Waals surface area contributed by atoms with Gasteiger partial charge in [0.25, 0.3) is 0 Å². The monoisotopic (exact) mass is 282 g/mol. The van der Waals surface area contributed by atoms with Gasteiger partial charge in [-0.1, -0.05) is 17.7 Å². The smallest absolute Gasteiger partial charge is 0.0587 e. The standard InChI is InChI=1S/C15H23ClN2O/c1-12-4-3-8-18(12)14-6-5-13(15(16)10-14)11-17-7-9-19-2/h5-6,10,12,17H,3-4,7-9,11H2,1-2H3. The number of rotatable bonds is 6. The molecule has 3 nitrogen and oxygen atoms in total. The first-order valence-electron chi connectivity index (χ1n) is 6.97. The number of nitrogens with zero attached hydrogens (tertiary/aromatic N) is 1. The second-order valence-corrected chi connectivity index (χ2v) is 5.54. The predicted molar refractivity (Wildman–Crippen MR) is 81.1 cm³/mol. The van der Waals surface area contributed by atoms with E-state index in [1.54, 1.807) is 7.11 Å². The summed E-state index contributed by atoms with van der Waals surface area (Å²) in [6.45, 7) is 5.78. The summed E-state index contributed by atoms with van der Waals surface area (Å²) in [4.78, 5) is 2.44. The van der Waals surface area contributed by atoms with Gasteiger partial charge in [0.05, 0.1) is 6.61 Å². The van der Waals surface area contributed by atoms with Crippen LogP contribution in [0.25, 0.3) is 0 Å². The van der Waals surface area contributed by atoms with E-state index in [4.69, 9.17) is 16.3 Å². The Kier molecular flexibility index (Phi) is 5.49. The maximum Gasteiger partial charge on any atom is 0.0587 e. The van der Waals surface area contributed by atoms with Gasteiger partial charge in [-0.25, -0.2) is 0 Å². The van der Waals surface area contributed by atoms with Gasteiger partial charge in [0.2, 0.25) is 0 Å². The van der Waals surface area contributed by atoms with Gasteiger partial charge in [-0.3, -0.25) is 0 Å². The van der Waals surface area contributed by atoms with Crippen LogP contribution in [0.15, 0.2) is 18.2 Å². The van der Waals surface area contributed by atoms with Gasteiger partial charge < -0.3 is 15.0 Å². The van der Waals surface area contributed by atoms with Crippen LogP contribution in [0.4, 0.5) is 5.69 Å². The molecule has 0 saturated carbocycles. The topological polar surface area (TPSA) is 24.5 Å². The molecule has 0 spiro atoms. The fourth-order valence-corrected chi connectivity index (χ4v) is 2.81. The summed E-state index contributed by atoms with van der Waals surface area (Å²) in [5, 5.41) is 4.17. The van der Waals surface area contributed by atoms with Gasteiger partial charge in [-0.2, -0.15) is 0 Å². The Labute approximate surface area is 120 Å². The third kappa shape index (κ3) is 3.85. The normalized spacial score (nSPS) is 19.1. The minimum absolute atomic E-state index is 0.627. The summed E-state index contributed by atoms with van der Waals surface area (Å²) in [5.41, 5.74) is 2.39. The number of hydrogen-bond donors (Lipinski definition) is 1. The van der Waals surface area contributed by atoms with E-state index in [2.05, 4.69) is 35.3 Å². The van der Waals surface area contributed by atoms with Crippen molar-refractivity contribution < 1.29 is 4.74 Å². The second kappa shape index (κ2) is 7.13. The zero-order chi connectivity index (χ0) is 13.7. The molecule has 1 aliphatic heterocycles. The zero-order valence-electron chi connectivity index (χ0n) is 11.8. The van der Waals surface area contributed by atoms with Crippen molar-refractivity contribution in [2.24, 2.45) is 0 Å². The fourth-order valence-electron chi connectivity index (χ4n) is 2.57. The van der Waals surface area contributed by atoms with Crippen molar-refractivity contribution in [1.29, 1.82) is 0 Å². The Hall–Kier alpha value is -0.770. The van der Waals surface area contributed by atoms with Crippen LogP contribution in [0.5, 0.6) is 0 Å². The van der Waals surface area contributed by atoms with E-state index in [1.807, 2.05) is 0 Å². The molecular formula is C15H23ClN2O. The minimum atomic E-state index is 0.627. The molecule has 1 unspecified atom stereocenters. The number of anilines is 1. The Morgan fingerprint density at radius 1 is 1.47 bits per heavy atom. The maximum absolute atomic E-state index is 6.37. The molecule has 1 aromatic rings. The van der Waals surface area contributed by atoms with E-state index < -0.39 is 0 Å². The zero-order valence-corrected chi connectivity index (χ0v) is 12.5. The number of nitrogens with one attached hydrogen (secondary N) is 1. The number of ether oxygens (including phenoxy) is 1. The number of halogens is 1. The van der Waals surface area contributed by atoms with E-state index in [1.165, 1.54) is 18.5 Å². The molecule has 1 saturated heterocycles. The SMILES string of the molecule is COCCNCc1ccc(N2CCCC2C)cc1Cl. The predicted octanol–water partition coefficient (Wildman–Crippen LogP) is 3.06. The molecule has 2 rings (SSSR count). The number of hydrogen-bond acceptors (Lipinski definition) is 3. The van der Waals surface area contributed by atoms with Gasteiger partial charge in [-0.05, 0) is 37.5 Å². The molecule has 4 heteroatoms. The summed E-state index contributed by atoms with van der Waals surface area (Å²) in [6.07, 6.45) is 2.55. The Bertz CT molecular complexity index is 411. The van der Waals surface area contributed by atoms with E-state index in [9.17, 15) is 0 Å². The molecule has 1 fully saturated rings. The van der Waals surface area contributed by atoms with E-state index in [0.717, 1.165) is 36.8 Å². The highest BCUT2D eigenvalue weighted by atomic mass is 35.5. The highest BCUT2D eigenvalue weighted by molar-refractivity contribution is 6.31. The molecule has 0 aliphatic carbocycles. The fraction of sp³-hybridized carbons (Fsp3) is 0.600. The van der Waals surface area contributed by atoms with Crippen molar-refractivity contribution in [3.8, 4) is 0 Å². The molecule has 1 aromatic carbocycles. The van der Waals surface area contributed by atoms with E-state index in [0.29, 0.717) is 6.04 Å². The van der Waals surface area contributed by atoms with E-state index in [-0.39, 0.29) is 0 Å². The maximum atomic E-state index is 6.37. The lowest BCUT2D eigenvalue weighted by Gasteiger charge is -2.24. The van der Waals surface area contributed by atoms with Crippen LogP contribution in [-0.2, 0) is 11.3 Å². The van der Waals surface area contributed by atoms with Crippen LogP contribution in [0, 0.1) is 0 Å². The molecule has 1 atom stereocenters. The lowest BCUT2D eigenvalue weighted by atomic mass is 10.1. The van der Waals surface area contributed by atoms with Gasteiger partial charge in [-0.15, -0.1) is 0 Å². The molecule has 0 amide bonds. The first-order valence-corrected chi connectivity index (χ1v) is 7.35. The molecule has 106 valence electrons. The number of benzene rings is 1. The van der Waals surface area contributed by atoms with Crippen molar-refractivity contribution >= 4 is 17.3 Å². The first kappa shape index (κ1) is 14.6. The van der Waals surface area contributed by atoms with Crippen LogP contribution in [0.2, 0.25) is 5.02 Å². The summed E-state index contributed by atoms with van der Waals surface area (Å²) >= 11 is 6.37. The lowest BCUT2D eigenvalue weighted by Crippen LogP contribution is -2.26. The van der Waals surface area contributed by atoms with Gasteiger partial charge in [0.1, 0.15) is 0 Å². The largest absolute Gasteiger partial charge is 0.383 e. The molecule has 0 aromatic heterocycles. The Balaban J connectivity index is 1.96. The van der Waals surface area contributed by atoms with Crippen LogP contribution in [-0.4, -0.2) is 32.8 Å². The van der Waals surface area contributed by atoms with E-state index >= 15 is 0 Å². The first-order chi connectivity index (χ1) is 9.22. The number of methoxy groups -OCH3 is 1. The summed E-state index contributed by atoms with van der Waals surface area (Å²) in [5.74, 6) is 0. The van der Waals surface area contributed by atoms with Crippen LogP contribution in [0.3, 0.4) is 0 Å². The third-order valence-corrected chi connectivity index (χ3v) is 4.07. The Morgan fingerprint density at radius 2 is 2.32 bits per heavy atom.